The van der Waals surface area contributed by atoms with E-state index >= 15 is 0 Å². The summed E-state index contributed by atoms with van der Waals surface area (Å²) in [5.41, 5.74) is 1.14. The summed E-state index contributed by atoms with van der Waals surface area (Å²) >= 11 is 6.00. The molecule has 2 fully saturated rings. The number of aliphatic hydroxyl groups excluding tert-OH is 1. The number of urea groups is 1. The summed E-state index contributed by atoms with van der Waals surface area (Å²) in [6.07, 6.45) is -0.830. The highest BCUT2D eigenvalue weighted by Gasteiger charge is 2.33. The van der Waals surface area contributed by atoms with Gasteiger partial charge in [-0.15, -0.1) is 0 Å². The Morgan fingerprint density at radius 3 is 2.70 bits per heavy atom. The van der Waals surface area contributed by atoms with Gasteiger partial charge in [0.25, 0.3) is 0 Å². The number of ether oxygens (including phenoxy) is 2. The number of nitrogens with one attached hydrogen (secondary N) is 1. The van der Waals surface area contributed by atoms with Gasteiger partial charge in [-0.2, -0.15) is 0 Å². The first-order valence-electron chi connectivity index (χ1n) is 10.1. The van der Waals surface area contributed by atoms with E-state index in [1.807, 2.05) is 36.4 Å². The van der Waals surface area contributed by atoms with Crippen LogP contribution in [0.2, 0.25) is 5.02 Å². The lowest BCUT2D eigenvalue weighted by Gasteiger charge is -2.17. The molecule has 2 aromatic rings. The summed E-state index contributed by atoms with van der Waals surface area (Å²) in [6, 6.07) is 15.1. The number of rotatable bonds is 8. The van der Waals surface area contributed by atoms with Gasteiger partial charge in [0, 0.05) is 37.7 Å². The van der Waals surface area contributed by atoms with Crippen molar-refractivity contribution in [3.8, 4) is 11.5 Å². The number of nitrogens with zero attached hydrogens (tertiary/aromatic N) is 2. The zero-order valence-corrected chi connectivity index (χ0v) is 17.4. The monoisotopic (exact) mass is 431 g/mol. The minimum Gasteiger partial charge on any atom is -0.492 e. The van der Waals surface area contributed by atoms with Crippen LogP contribution in [-0.4, -0.2) is 72.5 Å². The predicted molar refractivity (Wildman–Crippen MR) is 114 cm³/mol. The maximum absolute atomic E-state index is 11.5. The summed E-state index contributed by atoms with van der Waals surface area (Å²) in [5.74, 6) is 1.45. The third kappa shape index (κ3) is 5.36. The van der Waals surface area contributed by atoms with Gasteiger partial charge in [-0.3, -0.25) is 4.90 Å². The average molecular weight is 432 g/mol. The van der Waals surface area contributed by atoms with E-state index in [0.29, 0.717) is 43.6 Å². The second-order valence-electron chi connectivity index (χ2n) is 7.59. The molecule has 2 amide bonds. The number of carbonyl (C=O) groups excluding carboxylic acids is 1. The molecule has 0 spiro atoms. The van der Waals surface area contributed by atoms with Crippen molar-refractivity contribution in [1.29, 1.82) is 0 Å². The number of likely N-dealkylation sites (tertiary alicyclic amines) is 1. The van der Waals surface area contributed by atoms with Crippen molar-refractivity contribution in [2.24, 2.45) is 0 Å². The fraction of sp³-hybridized carbons (Fsp3) is 0.409. The van der Waals surface area contributed by atoms with Crippen molar-refractivity contribution >= 4 is 17.6 Å². The van der Waals surface area contributed by atoms with Crippen LogP contribution in [0.1, 0.15) is 5.56 Å². The Hall–Kier alpha value is -2.48. The summed E-state index contributed by atoms with van der Waals surface area (Å²) in [4.78, 5) is 15.4. The molecule has 4 rings (SSSR count). The fourth-order valence-electron chi connectivity index (χ4n) is 3.74. The van der Waals surface area contributed by atoms with Gasteiger partial charge in [-0.05, 0) is 35.9 Å². The van der Waals surface area contributed by atoms with Gasteiger partial charge in [0.2, 0.25) is 0 Å². The Morgan fingerprint density at radius 2 is 1.97 bits per heavy atom. The highest BCUT2D eigenvalue weighted by molar-refractivity contribution is 6.30. The van der Waals surface area contributed by atoms with Crippen molar-refractivity contribution in [2.75, 3.05) is 39.3 Å². The number of benzene rings is 2. The van der Waals surface area contributed by atoms with Crippen LogP contribution in [-0.2, 0) is 6.54 Å². The minimum atomic E-state index is -0.547. The lowest BCUT2D eigenvalue weighted by Crippen LogP contribution is -2.31. The molecule has 0 unspecified atom stereocenters. The Kier molecular flexibility index (Phi) is 6.62. The number of β-amino-alcohol motifs (C(OH)–C–C–N with tert-alkyl or cyclic N) is 1. The van der Waals surface area contributed by atoms with Gasteiger partial charge in [-0.25, -0.2) is 4.79 Å². The first-order valence-corrected chi connectivity index (χ1v) is 10.5. The molecule has 0 radical (unpaired) electrons. The van der Waals surface area contributed by atoms with Gasteiger partial charge in [0.15, 0.2) is 0 Å². The highest BCUT2D eigenvalue weighted by Crippen LogP contribution is 2.23. The standard InChI is InChI=1S/C22H26ClN3O4/c23-17-2-1-3-19(12-17)30-21-15-25(14-20(21)27)13-16-4-6-18(7-5-16)29-11-10-26-9-8-24-22(26)28/h1-7,12,20-21,27H,8-11,13-15H2,(H,24,28)/t20-,21-/m0/s1. The molecular formula is C22H26ClN3O4. The van der Waals surface area contributed by atoms with Crippen LogP contribution in [0.3, 0.4) is 0 Å². The molecule has 2 saturated heterocycles. The second kappa shape index (κ2) is 9.55. The Labute approximate surface area is 181 Å². The van der Waals surface area contributed by atoms with Gasteiger partial charge < -0.3 is 24.8 Å². The molecule has 0 bridgehead atoms. The van der Waals surface area contributed by atoms with E-state index in [-0.39, 0.29) is 12.1 Å². The van der Waals surface area contributed by atoms with Crippen molar-refractivity contribution < 1.29 is 19.4 Å². The maximum Gasteiger partial charge on any atom is 0.317 e. The molecule has 2 N–H and O–H groups in total. The fourth-order valence-corrected chi connectivity index (χ4v) is 3.92. The Morgan fingerprint density at radius 1 is 1.13 bits per heavy atom. The molecule has 0 aromatic heterocycles. The van der Waals surface area contributed by atoms with Crippen molar-refractivity contribution in [3.63, 3.8) is 0 Å². The maximum atomic E-state index is 11.5. The second-order valence-corrected chi connectivity index (χ2v) is 8.02. The number of amides is 2. The van der Waals surface area contributed by atoms with E-state index in [4.69, 9.17) is 21.1 Å². The summed E-state index contributed by atoms with van der Waals surface area (Å²) in [6.45, 7) is 4.39. The van der Waals surface area contributed by atoms with Crippen molar-refractivity contribution in [1.82, 2.24) is 15.1 Å². The van der Waals surface area contributed by atoms with Gasteiger partial charge in [0.05, 0.1) is 6.54 Å². The molecule has 2 heterocycles. The molecule has 7 nitrogen and oxygen atoms in total. The zero-order chi connectivity index (χ0) is 20.9. The smallest absolute Gasteiger partial charge is 0.317 e. The summed E-state index contributed by atoms with van der Waals surface area (Å²) in [7, 11) is 0. The molecule has 160 valence electrons. The zero-order valence-electron chi connectivity index (χ0n) is 16.7. The van der Waals surface area contributed by atoms with Crippen LogP contribution in [0.25, 0.3) is 0 Å². The first kappa shape index (κ1) is 20.8. The molecule has 2 atom stereocenters. The van der Waals surface area contributed by atoms with Crippen LogP contribution >= 0.6 is 11.6 Å². The van der Waals surface area contributed by atoms with Crippen LogP contribution in [0.4, 0.5) is 4.79 Å². The lowest BCUT2D eigenvalue weighted by molar-refractivity contribution is 0.0737. The van der Waals surface area contributed by atoms with Crippen LogP contribution in [0.15, 0.2) is 48.5 Å². The van der Waals surface area contributed by atoms with Crippen LogP contribution in [0.5, 0.6) is 11.5 Å². The van der Waals surface area contributed by atoms with Crippen LogP contribution < -0.4 is 14.8 Å². The number of aliphatic hydroxyl groups is 1. The molecule has 2 aliphatic heterocycles. The van der Waals surface area contributed by atoms with Crippen LogP contribution in [0, 0.1) is 0 Å². The van der Waals surface area contributed by atoms with E-state index in [1.54, 1.807) is 17.0 Å². The number of hydrogen-bond donors (Lipinski definition) is 2. The van der Waals surface area contributed by atoms with Crippen molar-refractivity contribution in [3.05, 3.63) is 59.1 Å². The summed E-state index contributed by atoms with van der Waals surface area (Å²) in [5, 5.41) is 13.8. The molecule has 0 aliphatic carbocycles. The lowest BCUT2D eigenvalue weighted by atomic mass is 10.2. The average Bonchev–Trinajstić information content (AvgIpc) is 3.28. The highest BCUT2D eigenvalue weighted by atomic mass is 35.5. The van der Waals surface area contributed by atoms with Gasteiger partial charge in [-0.1, -0.05) is 29.8 Å². The topological polar surface area (TPSA) is 74.3 Å². The molecular weight excluding hydrogens is 406 g/mol. The third-order valence-electron chi connectivity index (χ3n) is 5.30. The molecule has 2 aromatic carbocycles. The van der Waals surface area contributed by atoms with Gasteiger partial charge >= 0.3 is 6.03 Å². The number of carbonyl (C=O) groups is 1. The molecule has 30 heavy (non-hydrogen) atoms. The quantitative estimate of drug-likeness (QED) is 0.671. The molecule has 2 aliphatic rings. The SMILES string of the molecule is O=C1NCCN1CCOc1ccc(CN2C[C@H](Oc3cccc(Cl)c3)[C@@H](O)C2)cc1. The largest absolute Gasteiger partial charge is 0.492 e. The van der Waals surface area contributed by atoms with Gasteiger partial charge in [0.1, 0.15) is 30.3 Å². The molecule has 0 saturated carbocycles. The van der Waals surface area contributed by atoms with Crippen molar-refractivity contribution in [2.45, 2.75) is 18.8 Å². The third-order valence-corrected chi connectivity index (χ3v) is 5.54. The normalized spacial score (nSPS) is 21.7. The van der Waals surface area contributed by atoms with E-state index in [9.17, 15) is 9.90 Å². The van der Waals surface area contributed by atoms with E-state index < -0.39 is 6.10 Å². The Bertz CT molecular complexity index is 864. The van der Waals surface area contributed by atoms with E-state index in [1.165, 1.54) is 0 Å². The number of halogens is 1. The molecule has 8 heteroatoms. The summed E-state index contributed by atoms with van der Waals surface area (Å²) < 4.78 is 11.7. The van der Waals surface area contributed by atoms with E-state index in [2.05, 4.69) is 10.2 Å². The minimum absolute atomic E-state index is 0.0283. The first-order chi connectivity index (χ1) is 14.6. The van der Waals surface area contributed by atoms with E-state index in [0.717, 1.165) is 24.4 Å². The predicted octanol–water partition coefficient (Wildman–Crippen LogP) is 2.37. The number of hydrogen-bond acceptors (Lipinski definition) is 5. The Balaban J connectivity index is 1.23.